The van der Waals surface area contributed by atoms with Gasteiger partial charge in [0.25, 0.3) is 0 Å². The van der Waals surface area contributed by atoms with Crippen LogP contribution in [0.15, 0.2) is 48.5 Å². The highest BCUT2D eigenvalue weighted by Crippen LogP contribution is 2.26. The van der Waals surface area contributed by atoms with Gasteiger partial charge in [-0.05, 0) is 48.1 Å². The highest BCUT2D eigenvalue weighted by Gasteiger charge is 2.22. The minimum atomic E-state index is 0.0308. The van der Waals surface area contributed by atoms with E-state index in [4.69, 9.17) is 0 Å². The molecule has 27 heavy (non-hydrogen) atoms. The highest BCUT2D eigenvalue weighted by atomic mass is 16.2. The van der Waals surface area contributed by atoms with Gasteiger partial charge in [-0.15, -0.1) is 0 Å². The second-order valence-corrected chi connectivity index (χ2v) is 7.42. The number of benzene rings is 2. The number of amides is 2. The van der Waals surface area contributed by atoms with Crippen molar-refractivity contribution in [1.29, 1.82) is 0 Å². The molecule has 140 valence electrons. The summed E-state index contributed by atoms with van der Waals surface area (Å²) in [7, 11) is 0. The molecule has 2 amide bonds. The maximum Gasteiger partial charge on any atom is 0.224 e. The molecule has 2 aliphatic rings. The first kappa shape index (κ1) is 17.7. The second-order valence-electron chi connectivity index (χ2n) is 7.42. The van der Waals surface area contributed by atoms with Crippen molar-refractivity contribution in [2.24, 2.45) is 0 Å². The number of hydrogen-bond acceptors (Lipinski definition) is 3. The fourth-order valence-electron chi connectivity index (χ4n) is 3.95. The zero-order valence-corrected chi connectivity index (χ0v) is 15.3. The van der Waals surface area contributed by atoms with Gasteiger partial charge in [0.2, 0.25) is 11.8 Å². The van der Waals surface area contributed by atoms with Crippen molar-refractivity contribution in [3.05, 3.63) is 65.2 Å². The first-order valence-electron chi connectivity index (χ1n) is 9.67. The molecule has 0 aliphatic carbocycles. The summed E-state index contributed by atoms with van der Waals surface area (Å²) in [5.74, 6) is 0.124. The lowest BCUT2D eigenvalue weighted by Gasteiger charge is -2.26. The van der Waals surface area contributed by atoms with E-state index >= 15 is 0 Å². The number of rotatable bonds is 5. The summed E-state index contributed by atoms with van der Waals surface area (Å²) in [5, 5.41) is 9.49. The van der Waals surface area contributed by atoms with Gasteiger partial charge >= 0.3 is 0 Å². The molecule has 2 aromatic carbocycles. The van der Waals surface area contributed by atoms with Gasteiger partial charge in [-0.2, -0.15) is 0 Å². The number of fused-ring (bicyclic) bond motifs is 1. The van der Waals surface area contributed by atoms with Crippen LogP contribution in [-0.4, -0.2) is 17.9 Å². The Kier molecular flexibility index (Phi) is 5.21. The Morgan fingerprint density at radius 3 is 2.78 bits per heavy atom. The maximum atomic E-state index is 12.4. The predicted octanol–water partition coefficient (Wildman–Crippen LogP) is 3.07. The molecule has 5 heteroatoms. The van der Waals surface area contributed by atoms with Crippen LogP contribution >= 0.6 is 0 Å². The minimum Gasteiger partial charge on any atom is -0.349 e. The molecular weight excluding hydrogens is 338 g/mol. The van der Waals surface area contributed by atoms with E-state index in [2.05, 4.69) is 40.2 Å². The monoisotopic (exact) mass is 363 g/mol. The molecule has 1 fully saturated rings. The normalized spacial score (nSPS) is 21.4. The van der Waals surface area contributed by atoms with E-state index in [-0.39, 0.29) is 17.9 Å². The zero-order chi connectivity index (χ0) is 18.6. The Labute approximate surface area is 159 Å². The fraction of sp³-hybridized carbons (Fsp3) is 0.364. The molecule has 5 nitrogen and oxygen atoms in total. The first-order chi connectivity index (χ1) is 13.2. The van der Waals surface area contributed by atoms with Crippen LogP contribution in [0.3, 0.4) is 0 Å². The minimum absolute atomic E-state index is 0.0308. The van der Waals surface area contributed by atoms with E-state index in [9.17, 15) is 9.59 Å². The summed E-state index contributed by atoms with van der Waals surface area (Å²) in [6, 6.07) is 16.7. The van der Waals surface area contributed by atoms with Crippen LogP contribution in [0.4, 0.5) is 5.69 Å². The van der Waals surface area contributed by atoms with Crippen LogP contribution in [0.1, 0.15) is 48.4 Å². The van der Waals surface area contributed by atoms with Crippen LogP contribution in [0.2, 0.25) is 0 Å². The van der Waals surface area contributed by atoms with Crippen molar-refractivity contribution in [2.45, 2.75) is 50.7 Å². The summed E-state index contributed by atoms with van der Waals surface area (Å²) in [6.07, 6.45) is 3.66. The highest BCUT2D eigenvalue weighted by molar-refractivity contribution is 5.90. The van der Waals surface area contributed by atoms with Gasteiger partial charge < -0.3 is 16.0 Å². The Morgan fingerprint density at radius 2 is 1.96 bits per heavy atom. The fourth-order valence-corrected chi connectivity index (χ4v) is 3.95. The molecule has 2 aliphatic heterocycles. The molecular formula is C22H25N3O2. The average molecular weight is 363 g/mol. The molecule has 4 rings (SSSR count). The van der Waals surface area contributed by atoms with Crippen molar-refractivity contribution in [1.82, 2.24) is 10.6 Å². The summed E-state index contributed by atoms with van der Waals surface area (Å²) in [4.78, 5) is 23.8. The van der Waals surface area contributed by atoms with Crippen molar-refractivity contribution in [3.8, 4) is 0 Å². The zero-order valence-electron chi connectivity index (χ0n) is 15.3. The van der Waals surface area contributed by atoms with Crippen LogP contribution in [-0.2, 0) is 22.6 Å². The number of carbonyl (C=O) groups is 2. The molecule has 2 heterocycles. The molecule has 2 unspecified atom stereocenters. The van der Waals surface area contributed by atoms with Gasteiger partial charge in [0.15, 0.2) is 0 Å². The van der Waals surface area contributed by atoms with Crippen LogP contribution in [0.25, 0.3) is 0 Å². The molecule has 0 bridgehead atoms. The molecule has 2 aromatic rings. The maximum absolute atomic E-state index is 12.4. The van der Waals surface area contributed by atoms with E-state index in [0.717, 1.165) is 37.1 Å². The van der Waals surface area contributed by atoms with E-state index in [0.29, 0.717) is 18.9 Å². The number of carbonyl (C=O) groups excluding carboxylic acids is 2. The van der Waals surface area contributed by atoms with Gasteiger partial charge in [-0.3, -0.25) is 9.59 Å². The third-order valence-electron chi connectivity index (χ3n) is 5.45. The smallest absolute Gasteiger partial charge is 0.224 e. The third-order valence-corrected chi connectivity index (χ3v) is 5.45. The van der Waals surface area contributed by atoms with Gasteiger partial charge in [0, 0.05) is 31.1 Å². The van der Waals surface area contributed by atoms with E-state index < -0.39 is 0 Å². The van der Waals surface area contributed by atoms with Crippen molar-refractivity contribution in [2.75, 3.05) is 5.32 Å². The predicted molar refractivity (Wildman–Crippen MR) is 105 cm³/mol. The molecule has 1 saturated heterocycles. The summed E-state index contributed by atoms with van der Waals surface area (Å²) < 4.78 is 0. The Bertz CT molecular complexity index is 849. The molecule has 0 saturated carbocycles. The molecule has 3 N–H and O–H groups in total. The lowest BCUT2D eigenvalue weighted by Crippen LogP contribution is -2.36. The quantitative estimate of drug-likeness (QED) is 0.765. The van der Waals surface area contributed by atoms with Gasteiger partial charge in [-0.1, -0.05) is 36.4 Å². The Hall–Kier alpha value is -2.66. The standard InChI is InChI=1S/C22H25N3O2/c26-21(10-8-18-12-15-4-1-2-5-17(15)14-23-18)24-19-7-3-6-16(13-19)20-9-11-22(27)25-20/h1-7,13,18,20,23H,8-12,14H2,(H,24,26)(H,25,27). The SMILES string of the molecule is O=C(CCC1Cc2ccccc2CN1)Nc1cccc(C2CCC(=O)N2)c1. The Morgan fingerprint density at radius 1 is 1.11 bits per heavy atom. The van der Waals surface area contributed by atoms with Crippen molar-refractivity contribution in [3.63, 3.8) is 0 Å². The molecule has 2 atom stereocenters. The third kappa shape index (κ3) is 4.37. The topological polar surface area (TPSA) is 70.2 Å². The number of anilines is 1. The molecule has 0 spiro atoms. The van der Waals surface area contributed by atoms with Gasteiger partial charge in [0.1, 0.15) is 0 Å². The number of nitrogens with one attached hydrogen (secondary N) is 3. The first-order valence-corrected chi connectivity index (χ1v) is 9.67. The molecule has 0 radical (unpaired) electrons. The number of hydrogen-bond donors (Lipinski definition) is 3. The van der Waals surface area contributed by atoms with E-state index in [1.807, 2.05) is 24.3 Å². The summed E-state index contributed by atoms with van der Waals surface area (Å²) >= 11 is 0. The average Bonchev–Trinajstić information content (AvgIpc) is 3.13. The largest absolute Gasteiger partial charge is 0.349 e. The van der Waals surface area contributed by atoms with Gasteiger partial charge in [0.05, 0.1) is 6.04 Å². The second kappa shape index (κ2) is 7.92. The van der Waals surface area contributed by atoms with Crippen LogP contribution in [0.5, 0.6) is 0 Å². The summed E-state index contributed by atoms with van der Waals surface area (Å²) in [5.41, 5.74) is 4.58. The summed E-state index contributed by atoms with van der Waals surface area (Å²) in [6.45, 7) is 0.873. The van der Waals surface area contributed by atoms with Gasteiger partial charge in [-0.25, -0.2) is 0 Å². The van der Waals surface area contributed by atoms with Crippen LogP contribution < -0.4 is 16.0 Å². The lowest BCUT2D eigenvalue weighted by molar-refractivity contribution is -0.119. The van der Waals surface area contributed by atoms with Crippen molar-refractivity contribution >= 4 is 17.5 Å². The van der Waals surface area contributed by atoms with Crippen LogP contribution in [0, 0.1) is 0 Å². The molecule has 0 aromatic heterocycles. The Balaban J connectivity index is 1.29. The van der Waals surface area contributed by atoms with Crippen molar-refractivity contribution < 1.29 is 9.59 Å². The van der Waals surface area contributed by atoms with E-state index in [1.165, 1.54) is 11.1 Å². The lowest BCUT2D eigenvalue weighted by atomic mass is 9.93. The van der Waals surface area contributed by atoms with E-state index in [1.54, 1.807) is 0 Å².